The number of carbonyl (C=O) groups is 2. The molecular weight excluding hydrogens is 328 g/mol. The van der Waals surface area contributed by atoms with Gasteiger partial charge in [-0.2, -0.15) is 0 Å². The zero-order valence-corrected chi connectivity index (χ0v) is 13.3. The Morgan fingerprint density at radius 3 is 2.32 bits per heavy atom. The summed E-state index contributed by atoms with van der Waals surface area (Å²) in [6, 6.07) is 11.4. The van der Waals surface area contributed by atoms with Crippen LogP contribution in [0.3, 0.4) is 0 Å². The van der Waals surface area contributed by atoms with Crippen molar-refractivity contribution in [3.8, 4) is 0 Å². The zero-order chi connectivity index (χ0) is 18.0. The topological polar surface area (TPSA) is 66.4 Å². The number of halogens is 2. The van der Waals surface area contributed by atoms with Gasteiger partial charge in [0, 0.05) is 23.8 Å². The fourth-order valence-electron chi connectivity index (χ4n) is 3.00. The van der Waals surface area contributed by atoms with E-state index in [1.807, 2.05) is 6.07 Å². The van der Waals surface area contributed by atoms with Crippen LogP contribution >= 0.6 is 0 Å². The SMILES string of the molecule is O=C(O)C(Cc1ccccc1)NC(=O)C1CC1c1c(F)cccc1F. The molecule has 4 nitrogen and oxygen atoms in total. The van der Waals surface area contributed by atoms with Crippen LogP contribution in [0.15, 0.2) is 48.5 Å². The molecule has 0 spiro atoms. The molecule has 1 amide bonds. The van der Waals surface area contributed by atoms with E-state index < -0.39 is 41.4 Å². The van der Waals surface area contributed by atoms with Gasteiger partial charge < -0.3 is 10.4 Å². The monoisotopic (exact) mass is 345 g/mol. The molecule has 3 unspecified atom stereocenters. The molecule has 0 aromatic heterocycles. The molecule has 3 atom stereocenters. The van der Waals surface area contributed by atoms with Crippen LogP contribution in [-0.4, -0.2) is 23.0 Å². The molecule has 0 aliphatic heterocycles. The number of hydrogen-bond acceptors (Lipinski definition) is 2. The highest BCUT2D eigenvalue weighted by atomic mass is 19.1. The molecule has 0 bridgehead atoms. The van der Waals surface area contributed by atoms with Crippen LogP contribution in [0.1, 0.15) is 23.5 Å². The summed E-state index contributed by atoms with van der Waals surface area (Å²) < 4.78 is 27.6. The Balaban J connectivity index is 1.66. The van der Waals surface area contributed by atoms with Crippen molar-refractivity contribution < 1.29 is 23.5 Å². The number of nitrogens with one attached hydrogen (secondary N) is 1. The van der Waals surface area contributed by atoms with Crippen LogP contribution in [0, 0.1) is 17.6 Å². The predicted octanol–water partition coefficient (Wildman–Crippen LogP) is 2.88. The highest BCUT2D eigenvalue weighted by molar-refractivity contribution is 5.87. The Morgan fingerprint density at radius 2 is 1.72 bits per heavy atom. The first-order valence-corrected chi connectivity index (χ1v) is 7.98. The van der Waals surface area contributed by atoms with Gasteiger partial charge in [0.05, 0.1) is 0 Å². The first-order valence-electron chi connectivity index (χ1n) is 7.98. The normalized spacial score (nSPS) is 19.9. The number of amides is 1. The van der Waals surface area contributed by atoms with Gasteiger partial charge in [0.25, 0.3) is 0 Å². The highest BCUT2D eigenvalue weighted by Crippen LogP contribution is 2.49. The summed E-state index contributed by atoms with van der Waals surface area (Å²) in [6.45, 7) is 0. The van der Waals surface area contributed by atoms with Gasteiger partial charge in [0.15, 0.2) is 0 Å². The molecule has 1 aliphatic carbocycles. The van der Waals surface area contributed by atoms with Gasteiger partial charge in [-0.15, -0.1) is 0 Å². The Bertz CT molecular complexity index is 774. The Hall–Kier alpha value is -2.76. The summed E-state index contributed by atoms with van der Waals surface area (Å²) in [5, 5.41) is 11.8. The number of carboxylic acids is 1. The van der Waals surface area contributed by atoms with Crippen molar-refractivity contribution in [3.63, 3.8) is 0 Å². The van der Waals surface area contributed by atoms with Gasteiger partial charge in [0.2, 0.25) is 5.91 Å². The maximum atomic E-state index is 13.8. The minimum Gasteiger partial charge on any atom is -0.480 e. The third-order valence-electron chi connectivity index (χ3n) is 4.39. The fraction of sp³-hybridized carbons (Fsp3) is 0.263. The molecule has 6 heteroatoms. The fourth-order valence-corrected chi connectivity index (χ4v) is 3.00. The third kappa shape index (κ3) is 3.84. The van der Waals surface area contributed by atoms with Gasteiger partial charge in [-0.25, -0.2) is 13.6 Å². The number of hydrogen-bond donors (Lipinski definition) is 2. The lowest BCUT2D eigenvalue weighted by Crippen LogP contribution is -2.43. The van der Waals surface area contributed by atoms with Crippen molar-refractivity contribution in [2.24, 2.45) is 5.92 Å². The summed E-state index contributed by atoms with van der Waals surface area (Å²) in [5.41, 5.74) is 0.681. The van der Waals surface area contributed by atoms with E-state index in [1.54, 1.807) is 24.3 Å². The predicted molar refractivity (Wildman–Crippen MR) is 86.9 cm³/mol. The van der Waals surface area contributed by atoms with Gasteiger partial charge in [-0.3, -0.25) is 4.79 Å². The van der Waals surface area contributed by atoms with Crippen LogP contribution in [-0.2, 0) is 16.0 Å². The van der Waals surface area contributed by atoms with Crippen molar-refractivity contribution in [2.45, 2.75) is 24.8 Å². The molecule has 0 radical (unpaired) electrons. The van der Waals surface area contributed by atoms with Gasteiger partial charge in [-0.05, 0) is 24.1 Å². The average Bonchev–Trinajstić information content (AvgIpc) is 3.35. The van der Waals surface area contributed by atoms with E-state index in [9.17, 15) is 23.5 Å². The van der Waals surface area contributed by atoms with Crippen LogP contribution in [0.5, 0.6) is 0 Å². The van der Waals surface area contributed by atoms with E-state index in [1.165, 1.54) is 6.07 Å². The average molecular weight is 345 g/mol. The first kappa shape index (κ1) is 17.1. The number of aliphatic carboxylic acids is 1. The quantitative estimate of drug-likeness (QED) is 0.846. The van der Waals surface area contributed by atoms with Gasteiger partial charge in [0.1, 0.15) is 17.7 Å². The van der Waals surface area contributed by atoms with Crippen molar-refractivity contribution in [1.82, 2.24) is 5.32 Å². The lowest BCUT2D eigenvalue weighted by Gasteiger charge is -2.15. The molecule has 2 aromatic carbocycles. The lowest BCUT2D eigenvalue weighted by atomic mass is 10.0. The number of rotatable bonds is 6. The Morgan fingerprint density at radius 1 is 1.08 bits per heavy atom. The molecule has 1 aliphatic rings. The molecule has 0 saturated heterocycles. The summed E-state index contributed by atoms with van der Waals surface area (Å²) in [7, 11) is 0. The second-order valence-electron chi connectivity index (χ2n) is 6.17. The number of carbonyl (C=O) groups excluding carboxylic acids is 1. The van der Waals surface area contributed by atoms with Crippen molar-refractivity contribution in [2.75, 3.05) is 0 Å². The van der Waals surface area contributed by atoms with E-state index in [0.717, 1.165) is 17.7 Å². The molecule has 3 rings (SSSR count). The van der Waals surface area contributed by atoms with Crippen molar-refractivity contribution >= 4 is 11.9 Å². The summed E-state index contributed by atoms with van der Waals surface area (Å²) >= 11 is 0. The highest BCUT2D eigenvalue weighted by Gasteiger charge is 2.47. The van der Waals surface area contributed by atoms with Crippen molar-refractivity contribution in [1.29, 1.82) is 0 Å². The number of benzene rings is 2. The van der Waals surface area contributed by atoms with E-state index >= 15 is 0 Å². The molecule has 1 fully saturated rings. The zero-order valence-electron chi connectivity index (χ0n) is 13.3. The minimum absolute atomic E-state index is 0.0995. The van der Waals surface area contributed by atoms with Gasteiger partial charge >= 0.3 is 5.97 Å². The summed E-state index contributed by atoms with van der Waals surface area (Å²) in [6.07, 6.45) is 0.453. The van der Waals surface area contributed by atoms with E-state index in [0.29, 0.717) is 6.42 Å². The Labute approximate surface area is 143 Å². The molecule has 130 valence electrons. The maximum Gasteiger partial charge on any atom is 0.326 e. The largest absolute Gasteiger partial charge is 0.480 e. The van der Waals surface area contributed by atoms with Crippen LogP contribution in [0.25, 0.3) is 0 Å². The summed E-state index contributed by atoms with van der Waals surface area (Å²) in [4.78, 5) is 23.7. The first-order chi connectivity index (χ1) is 12.0. The summed E-state index contributed by atoms with van der Waals surface area (Å²) in [5.74, 6) is -4.16. The van der Waals surface area contributed by atoms with Crippen LogP contribution in [0.2, 0.25) is 0 Å². The van der Waals surface area contributed by atoms with E-state index in [4.69, 9.17) is 0 Å². The third-order valence-corrected chi connectivity index (χ3v) is 4.39. The standard InChI is InChI=1S/C19H17F2NO3/c20-14-7-4-8-15(21)17(14)12-10-13(12)18(23)22-16(19(24)25)9-11-5-2-1-3-6-11/h1-8,12-13,16H,9-10H2,(H,22,23)(H,24,25). The second kappa shape index (κ2) is 7.01. The molecule has 1 saturated carbocycles. The minimum atomic E-state index is -1.15. The molecule has 2 N–H and O–H groups in total. The van der Waals surface area contributed by atoms with Crippen LogP contribution in [0.4, 0.5) is 8.78 Å². The molecule has 2 aromatic rings. The molecule has 25 heavy (non-hydrogen) atoms. The maximum absolute atomic E-state index is 13.8. The van der Waals surface area contributed by atoms with E-state index in [2.05, 4.69) is 5.32 Å². The smallest absolute Gasteiger partial charge is 0.326 e. The second-order valence-corrected chi connectivity index (χ2v) is 6.17. The van der Waals surface area contributed by atoms with Gasteiger partial charge in [-0.1, -0.05) is 36.4 Å². The molecular formula is C19H17F2NO3. The Kier molecular flexibility index (Phi) is 4.79. The lowest BCUT2D eigenvalue weighted by molar-refractivity contribution is -0.142. The molecule has 0 heterocycles. The van der Waals surface area contributed by atoms with E-state index in [-0.39, 0.29) is 12.0 Å². The van der Waals surface area contributed by atoms with Crippen LogP contribution < -0.4 is 5.32 Å². The van der Waals surface area contributed by atoms with Crippen molar-refractivity contribution in [3.05, 3.63) is 71.3 Å². The number of carboxylic acid groups (broad SMARTS) is 1.